The molecule has 0 aromatic carbocycles. The molecule has 1 aromatic heterocycles. The summed E-state index contributed by atoms with van der Waals surface area (Å²) in [6, 6.07) is 0.164. The average molecular weight is 265 g/mol. The van der Waals surface area contributed by atoms with Crippen LogP contribution < -0.4 is 11.1 Å². The molecule has 1 fully saturated rings. The van der Waals surface area contributed by atoms with Gasteiger partial charge in [0.2, 0.25) is 11.8 Å². The van der Waals surface area contributed by atoms with E-state index in [4.69, 9.17) is 5.73 Å². The molecule has 2 rings (SSSR count). The van der Waals surface area contributed by atoms with Gasteiger partial charge in [-0.15, -0.1) is 5.10 Å². The fraction of sp³-hybridized carbons (Fsp3) is 0.769. The van der Waals surface area contributed by atoms with E-state index in [1.165, 1.54) is 6.42 Å². The molecule has 6 nitrogen and oxygen atoms in total. The first-order valence-electron chi connectivity index (χ1n) is 6.66. The van der Waals surface area contributed by atoms with Gasteiger partial charge in [-0.1, -0.05) is 27.7 Å². The van der Waals surface area contributed by atoms with Gasteiger partial charge in [-0.05, 0) is 30.1 Å². The lowest BCUT2D eigenvalue weighted by atomic mass is 9.63. The number of H-pyrrole nitrogens is 1. The minimum atomic E-state index is -0.234. The highest BCUT2D eigenvalue weighted by Crippen LogP contribution is 2.45. The third-order valence-corrected chi connectivity index (χ3v) is 3.61. The van der Waals surface area contributed by atoms with Gasteiger partial charge in [0.15, 0.2) is 0 Å². The second-order valence-electron chi connectivity index (χ2n) is 7.13. The molecule has 0 bridgehead atoms. The van der Waals surface area contributed by atoms with Crippen molar-refractivity contribution in [1.82, 2.24) is 20.5 Å². The van der Waals surface area contributed by atoms with Gasteiger partial charge in [0.25, 0.3) is 5.91 Å². The number of nitrogens with one attached hydrogen (secondary N) is 2. The number of aromatic nitrogens is 3. The highest BCUT2D eigenvalue weighted by molar-refractivity contribution is 5.90. The van der Waals surface area contributed by atoms with Gasteiger partial charge in [-0.25, -0.2) is 0 Å². The van der Waals surface area contributed by atoms with Crippen molar-refractivity contribution in [3.63, 3.8) is 0 Å². The number of rotatable bonds is 2. The normalized spacial score (nSPS) is 22.1. The zero-order valence-electron chi connectivity index (χ0n) is 12.1. The molecule has 4 N–H and O–H groups in total. The van der Waals surface area contributed by atoms with E-state index in [2.05, 4.69) is 48.2 Å². The highest BCUT2D eigenvalue weighted by Gasteiger charge is 2.39. The first kappa shape index (κ1) is 13.8. The van der Waals surface area contributed by atoms with Crippen molar-refractivity contribution >= 4 is 11.9 Å². The molecule has 0 saturated heterocycles. The Morgan fingerprint density at radius 2 is 1.89 bits per heavy atom. The van der Waals surface area contributed by atoms with Crippen LogP contribution in [0, 0.1) is 10.8 Å². The predicted molar refractivity (Wildman–Crippen MR) is 73.5 cm³/mol. The summed E-state index contributed by atoms with van der Waals surface area (Å²) in [6.07, 6.45) is 3.12. The molecular formula is C13H23N5O. The second kappa shape index (κ2) is 4.51. The number of amides is 1. The van der Waals surface area contributed by atoms with Crippen molar-refractivity contribution < 1.29 is 4.79 Å². The lowest BCUT2D eigenvalue weighted by Crippen LogP contribution is -2.46. The van der Waals surface area contributed by atoms with E-state index >= 15 is 0 Å². The maximum Gasteiger partial charge on any atom is 0.288 e. The molecule has 19 heavy (non-hydrogen) atoms. The number of nitrogens with zero attached hydrogens (tertiary/aromatic N) is 2. The Hall–Kier alpha value is -1.59. The van der Waals surface area contributed by atoms with Gasteiger partial charge in [-0.3, -0.25) is 9.89 Å². The Labute approximate surface area is 113 Å². The van der Waals surface area contributed by atoms with Crippen LogP contribution in [0.15, 0.2) is 0 Å². The number of carbonyl (C=O) groups excluding carboxylic acids is 1. The SMILES string of the molecule is CC1(C)CC(NC(=O)c2nc(N)n[nH]2)CC(C)(C)C1. The summed E-state index contributed by atoms with van der Waals surface area (Å²) >= 11 is 0. The lowest BCUT2D eigenvalue weighted by Gasteiger charge is -2.45. The summed E-state index contributed by atoms with van der Waals surface area (Å²) in [5.74, 6) is 0.0378. The third-order valence-electron chi connectivity index (χ3n) is 3.61. The fourth-order valence-electron chi connectivity index (χ4n) is 3.58. The summed E-state index contributed by atoms with van der Waals surface area (Å²) < 4.78 is 0. The number of hydrogen-bond donors (Lipinski definition) is 3. The van der Waals surface area contributed by atoms with E-state index in [0.29, 0.717) is 0 Å². The molecule has 1 aliphatic rings. The first-order chi connectivity index (χ1) is 8.67. The van der Waals surface area contributed by atoms with E-state index in [9.17, 15) is 4.79 Å². The molecule has 1 aromatic rings. The van der Waals surface area contributed by atoms with Gasteiger partial charge < -0.3 is 11.1 Å². The van der Waals surface area contributed by atoms with Crippen LogP contribution in [0.25, 0.3) is 0 Å². The topological polar surface area (TPSA) is 96.7 Å². The Bertz CT molecular complexity index is 461. The molecule has 0 atom stereocenters. The van der Waals surface area contributed by atoms with Crippen LogP contribution in [0.4, 0.5) is 5.95 Å². The third kappa shape index (κ3) is 3.45. The Morgan fingerprint density at radius 3 is 2.37 bits per heavy atom. The molecule has 0 aliphatic heterocycles. The summed E-state index contributed by atoms with van der Waals surface area (Å²) in [6.45, 7) is 9.00. The molecule has 1 heterocycles. The van der Waals surface area contributed by atoms with Gasteiger partial charge in [0.1, 0.15) is 0 Å². The van der Waals surface area contributed by atoms with Gasteiger partial charge in [0.05, 0.1) is 0 Å². The number of hydrogen-bond acceptors (Lipinski definition) is 4. The van der Waals surface area contributed by atoms with E-state index in [-0.39, 0.29) is 34.6 Å². The monoisotopic (exact) mass is 265 g/mol. The van der Waals surface area contributed by atoms with Crippen molar-refractivity contribution in [1.29, 1.82) is 0 Å². The van der Waals surface area contributed by atoms with Crippen LogP contribution in [0.1, 0.15) is 57.6 Å². The average Bonchev–Trinajstić information content (AvgIpc) is 2.59. The number of nitrogens with two attached hydrogens (primary N) is 1. The summed E-state index contributed by atoms with van der Waals surface area (Å²) in [4.78, 5) is 15.9. The van der Waals surface area contributed by atoms with Crippen LogP contribution in [-0.4, -0.2) is 27.1 Å². The maximum absolute atomic E-state index is 12.0. The van der Waals surface area contributed by atoms with Crippen LogP contribution in [0.2, 0.25) is 0 Å². The smallest absolute Gasteiger partial charge is 0.288 e. The van der Waals surface area contributed by atoms with Crippen molar-refractivity contribution in [3.8, 4) is 0 Å². The number of aromatic amines is 1. The molecule has 1 amide bonds. The number of carbonyl (C=O) groups is 1. The zero-order valence-corrected chi connectivity index (χ0v) is 12.1. The molecular weight excluding hydrogens is 242 g/mol. The Balaban J connectivity index is 2.04. The lowest BCUT2D eigenvalue weighted by molar-refractivity contribution is 0.0707. The Kier molecular flexibility index (Phi) is 3.28. The van der Waals surface area contributed by atoms with Crippen molar-refractivity contribution in [3.05, 3.63) is 5.82 Å². The summed E-state index contributed by atoms with van der Waals surface area (Å²) in [7, 11) is 0. The molecule has 1 aliphatic carbocycles. The van der Waals surface area contributed by atoms with E-state index in [1.54, 1.807) is 0 Å². The summed E-state index contributed by atoms with van der Waals surface area (Å²) in [5, 5.41) is 9.24. The van der Waals surface area contributed by atoms with Gasteiger partial charge in [-0.2, -0.15) is 4.98 Å². The van der Waals surface area contributed by atoms with Crippen LogP contribution >= 0.6 is 0 Å². The molecule has 1 saturated carbocycles. The van der Waals surface area contributed by atoms with E-state index < -0.39 is 0 Å². The molecule has 0 spiro atoms. The standard InChI is InChI=1S/C13H23N5O/c1-12(2)5-8(6-13(3,4)7-12)15-10(19)9-16-11(14)18-17-9/h8H,5-7H2,1-4H3,(H,15,19)(H3,14,16,17,18). The maximum atomic E-state index is 12.0. The quantitative estimate of drug-likeness (QED) is 0.758. The van der Waals surface area contributed by atoms with E-state index in [0.717, 1.165) is 12.8 Å². The summed E-state index contributed by atoms with van der Waals surface area (Å²) in [5.41, 5.74) is 5.87. The van der Waals surface area contributed by atoms with E-state index in [1.807, 2.05) is 0 Å². The Morgan fingerprint density at radius 1 is 1.32 bits per heavy atom. The van der Waals surface area contributed by atoms with Crippen molar-refractivity contribution in [2.24, 2.45) is 10.8 Å². The van der Waals surface area contributed by atoms with Crippen LogP contribution in [0.3, 0.4) is 0 Å². The minimum absolute atomic E-state index is 0.0921. The van der Waals surface area contributed by atoms with Gasteiger partial charge >= 0.3 is 0 Å². The van der Waals surface area contributed by atoms with Crippen molar-refractivity contribution in [2.75, 3.05) is 5.73 Å². The number of nitrogen functional groups attached to an aromatic ring is 1. The zero-order chi connectivity index (χ0) is 14.3. The van der Waals surface area contributed by atoms with Crippen LogP contribution in [0.5, 0.6) is 0 Å². The molecule has 6 heteroatoms. The van der Waals surface area contributed by atoms with Crippen molar-refractivity contribution in [2.45, 2.75) is 53.0 Å². The largest absolute Gasteiger partial charge is 0.366 e. The number of anilines is 1. The minimum Gasteiger partial charge on any atom is -0.366 e. The second-order valence-corrected chi connectivity index (χ2v) is 7.13. The molecule has 0 radical (unpaired) electrons. The first-order valence-corrected chi connectivity index (χ1v) is 6.66. The fourth-order valence-corrected chi connectivity index (χ4v) is 3.58. The molecule has 106 valence electrons. The molecule has 0 unspecified atom stereocenters. The highest BCUT2D eigenvalue weighted by atomic mass is 16.2. The van der Waals surface area contributed by atoms with Crippen LogP contribution in [-0.2, 0) is 0 Å². The predicted octanol–water partition coefficient (Wildman–Crippen LogP) is 1.72. The van der Waals surface area contributed by atoms with Gasteiger partial charge in [0, 0.05) is 6.04 Å².